The van der Waals surface area contributed by atoms with E-state index in [0.29, 0.717) is 12.1 Å². The summed E-state index contributed by atoms with van der Waals surface area (Å²) in [5, 5.41) is 22.9. The molecule has 0 saturated carbocycles. The maximum Gasteiger partial charge on any atom is 0.251 e. The van der Waals surface area contributed by atoms with Crippen molar-refractivity contribution in [3.8, 4) is 0 Å². The Morgan fingerprint density at radius 2 is 1.88 bits per heavy atom. The Kier molecular flexibility index (Phi) is 6.03. The van der Waals surface area contributed by atoms with Crippen molar-refractivity contribution in [2.75, 3.05) is 46.4 Å². The summed E-state index contributed by atoms with van der Waals surface area (Å²) in [6.45, 7) is 3.60. The van der Waals surface area contributed by atoms with Gasteiger partial charge in [-0.25, -0.2) is 0 Å². The van der Waals surface area contributed by atoms with Crippen LogP contribution in [-0.2, 0) is 4.74 Å². The van der Waals surface area contributed by atoms with Gasteiger partial charge in [0.1, 0.15) is 12.2 Å². The van der Waals surface area contributed by atoms with Gasteiger partial charge in [-0.05, 0) is 19.2 Å². The molecule has 2 heterocycles. The predicted octanol–water partition coefficient (Wildman–Crippen LogP) is -0.847. The second-order valence-electron chi connectivity index (χ2n) is 6.79. The minimum Gasteiger partial charge on any atom is -0.394 e. The maximum absolute atomic E-state index is 12.3. The number of carbonyl (C=O) groups is 1. The number of hydrogen-bond acceptors (Lipinski definition) is 6. The molecule has 2 aliphatic heterocycles. The quantitative estimate of drug-likeness (QED) is 0.642. The Labute approximate surface area is 148 Å². The number of amides is 1. The summed E-state index contributed by atoms with van der Waals surface area (Å²) in [4.78, 5) is 16.7. The first-order valence-electron chi connectivity index (χ1n) is 8.80. The van der Waals surface area contributed by atoms with Gasteiger partial charge < -0.3 is 25.2 Å². The highest BCUT2D eigenvalue weighted by Gasteiger charge is 2.46. The van der Waals surface area contributed by atoms with Gasteiger partial charge in [0.15, 0.2) is 0 Å². The Balaban J connectivity index is 1.64. The lowest BCUT2D eigenvalue weighted by atomic mass is 10.0. The third-order valence-corrected chi connectivity index (χ3v) is 5.10. The van der Waals surface area contributed by atoms with Crippen LogP contribution in [0, 0.1) is 0 Å². The number of benzene rings is 1. The van der Waals surface area contributed by atoms with Gasteiger partial charge in [-0.3, -0.25) is 9.69 Å². The Morgan fingerprint density at radius 3 is 2.52 bits per heavy atom. The number of carbonyl (C=O) groups excluding carboxylic acids is 1. The molecule has 3 N–H and O–H groups in total. The third kappa shape index (κ3) is 4.19. The maximum atomic E-state index is 12.3. The minimum atomic E-state index is -0.757. The molecule has 0 radical (unpaired) electrons. The number of aliphatic hydroxyl groups excluding tert-OH is 2. The zero-order chi connectivity index (χ0) is 17.8. The normalized spacial score (nSPS) is 31.2. The number of ether oxygens (including phenoxy) is 1. The summed E-state index contributed by atoms with van der Waals surface area (Å²) < 4.78 is 5.83. The van der Waals surface area contributed by atoms with Gasteiger partial charge in [-0.15, -0.1) is 0 Å². The van der Waals surface area contributed by atoms with E-state index < -0.39 is 12.2 Å². The van der Waals surface area contributed by atoms with Gasteiger partial charge in [-0.2, -0.15) is 0 Å². The van der Waals surface area contributed by atoms with Crippen molar-refractivity contribution in [1.82, 2.24) is 15.1 Å². The number of hydrogen-bond donors (Lipinski definition) is 3. The number of rotatable bonds is 5. The van der Waals surface area contributed by atoms with Crippen LogP contribution in [0.4, 0.5) is 0 Å². The van der Waals surface area contributed by atoms with Gasteiger partial charge in [0.05, 0.1) is 18.8 Å². The standard InChI is InChI=1S/C18H27N3O4/c1-20-7-9-21(10-8-20)16-14(25-15(12-22)17(16)23)11-19-18(24)13-5-3-2-4-6-13/h2-6,14-17,22-23H,7-12H2,1H3,(H,19,24)/t14-,15+,16-,17-/m1/s1. The summed E-state index contributed by atoms with van der Waals surface area (Å²) >= 11 is 0. The highest BCUT2D eigenvalue weighted by atomic mass is 16.5. The molecular formula is C18H27N3O4. The van der Waals surface area contributed by atoms with Crippen molar-refractivity contribution in [2.24, 2.45) is 0 Å². The van der Waals surface area contributed by atoms with E-state index in [1.807, 2.05) is 18.2 Å². The monoisotopic (exact) mass is 349 g/mol. The molecule has 1 aromatic rings. The van der Waals surface area contributed by atoms with E-state index in [2.05, 4.69) is 22.2 Å². The van der Waals surface area contributed by atoms with Gasteiger partial charge in [0.2, 0.25) is 0 Å². The Hall–Kier alpha value is -1.51. The third-order valence-electron chi connectivity index (χ3n) is 5.10. The van der Waals surface area contributed by atoms with Crippen molar-refractivity contribution in [3.05, 3.63) is 35.9 Å². The number of likely N-dealkylation sites (N-methyl/N-ethyl adjacent to an activating group) is 1. The average Bonchev–Trinajstić information content (AvgIpc) is 2.97. The van der Waals surface area contributed by atoms with E-state index in [-0.39, 0.29) is 24.7 Å². The predicted molar refractivity (Wildman–Crippen MR) is 93.4 cm³/mol. The summed E-state index contributed by atoms with van der Waals surface area (Å²) in [6.07, 6.45) is -1.71. The summed E-state index contributed by atoms with van der Waals surface area (Å²) in [7, 11) is 2.08. The SMILES string of the molecule is CN1CCN([C@H]2[C@H](O)[C@H](CO)O[C@@H]2CNC(=O)c2ccccc2)CC1. The number of nitrogens with one attached hydrogen (secondary N) is 1. The summed E-state index contributed by atoms with van der Waals surface area (Å²) in [5.41, 5.74) is 0.593. The number of nitrogens with zero attached hydrogens (tertiary/aromatic N) is 2. The van der Waals surface area contributed by atoms with Crippen LogP contribution in [-0.4, -0.2) is 96.7 Å². The molecule has 0 spiro atoms. The lowest BCUT2D eigenvalue weighted by molar-refractivity contribution is -0.0209. The highest BCUT2D eigenvalue weighted by molar-refractivity contribution is 5.94. The molecule has 0 unspecified atom stereocenters. The van der Waals surface area contributed by atoms with Crippen LogP contribution in [0.15, 0.2) is 30.3 Å². The second kappa shape index (κ2) is 8.25. The Bertz CT molecular complexity index is 563. The first-order valence-corrected chi connectivity index (χ1v) is 8.80. The van der Waals surface area contributed by atoms with Gasteiger partial charge in [0.25, 0.3) is 5.91 Å². The molecule has 4 atom stereocenters. The second-order valence-corrected chi connectivity index (χ2v) is 6.79. The van der Waals surface area contributed by atoms with Crippen molar-refractivity contribution >= 4 is 5.91 Å². The molecule has 1 amide bonds. The molecule has 2 saturated heterocycles. The van der Waals surface area contributed by atoms with E-state index in [0.717, 1.165) is 26.2 Å². The van der Waals surface area contributed by atoms with E-state index in [1.54, 1.807) is 12.1 Å². The molecule has 25 heavy (non-hydrogen) atoms. The number of piperazine rings is 1. The molecule has 2 aliphatic rings. The van der Waals surface area contributed by atoms with Crippen molar-refractivity contribution in [3.63, 3.8) is 0 Å². The van der Waals surface area contributed by atoms with Crippen LogP contribution in [0.1, 0.15) is 10.4 Å². The Morgan fingerprint density at radius 1 is 1.20 bits per heavy atom. The molecule has 3 rings (SSSR count). The lowest BCUT2D eigenvalue weighted by Gasteiger charge is -2.39. The van der Waals surface area contributed by atoms with Gasteiger partial charge >= 0.3 is 0 Å². The van der Waals surface area contributed by atoms with E-state index in [9.17, 15) is 15.0 Å². The van der Waals surface area contributed by atoms with Crippen molar-refractivity contribution in [1.29, 1.82) is 0 Å². The summed E-state index contributed by atoms with van der Waals surface area (Å²) in [5.74, 6) is -0.164. The van der Waals surface area contributed by atoms with Crippen LogP contribution < -0.4 is 5.32 Å². The van der Waals surface area contributed by atoms with Crippen LogP contribution in [0.25, 0.3) is 0 Å². The molecule has 2 fully saturated rings. The highest BCUT2D eigenvalue weighted by Crippen LogP contribution is 2.26. The molecule has 138 valence electrons. The number of aliphatic hydroxyl groups is 2. The van der Waals surface area contributed by atoms with Crippen LogP contribution in [0.3, 0.4) is 0 Å². The smallest absolute Gasteiger partial charge is 0.251 e. The van der Waals surface area contributed by atoms with Crippen LogP contribution >= 0.6 is 0 Å². The zero-order valence-corrected chi connectivity index (χ0v) is 14.5. The zero-order valence-electron chi connectivity index (χ0n) is 14.5. The van der Waals surface area contributed by atoms with Crippen LogP contribution in [0.2, 0.25) is 0 Å². The first kappa shape index (κ1) is 18.3. The van der Waals surface area contributed by atoms with Gasteiger partial charge in [0, 0.05) is 38.3 Å². The van der Waals surface area contributed by atoms with Crippen molar-refractivity contribution < 1.29 is 19.7 Å². The molecule has 7 nitrogen and oxygen atoms in total. The molecule has 1 aromatic carbocycles. The fourth-order valence-corrected chi connectivity index (χ4v) is 3.60. The average molecular weight is 349 g/mol. The largest absolute Gasteiger partial charge is 0.394 e. The summed E-state index contributed by atoms with van der Waals surface area (Å²) in [6, 6.07) is 8.80. The van der Waals surface area contributed by atoms with Gasteiger partial charge in [-0.1, -0.05) is 18.2 Å². The molecular weight excluding hydrogens is 322 g/mol. The van der Waals surface area contributed by atoms with Crippen LogP contribution in [0.5, 0.6) is 0 Å². The molecule has 0 aliphatic carbocycles. The van der Waals surface area contributed by atoms with E-state index in [4.69, 9.17) is 4.74 Å². The molecule has 7 heteroatoms. The lowest BCUT2D eigenvalue weighted by Crippen LogP contribution is -2.56. The van der Waals surface area contributed by atoms with E-state index >= 15 is 0 Å². The fourth-order valence-electron chi connectivity index (χ4n) is 3.60. The first-order chi connectivity index (χ1) is 12.1. The minimum absolute atomic E-state index is 0.164. The molecule has 0 bridgehead atoms. The fraction of sp³-hybridized carbons (Fsp3) is 0.611. The molecule has 0 aromatic heterocycles. The van der Waals surface area contributed by atoms with E-state index in [1.165, 1.54) is 0 Å². The van der Waals surface area contributed by atoms with Crippen molar-refractivity contribution in [2.45, 2.75) is 24.4 Å². The topological polar surface area (TPSA) is 85.3 Å².